The van der Waals surface area contributed by atoms with Gasteiger partial charge in [-0.2, -0.15) is 0 Å². The molecular formula is C13H25N3O3. The standard InChI is InChI=1S/C13H25N3O3/c1-2-3-4-7-15-11(12(17)13(18)16-14)10-5-8-19-9-6-10/h10-11,15H,2-9,14H2,1H3,(H,16,18). The van der Waals surface area contributed by atoms with Crippen LogP contribution in [0.25, 0.3) is 0 Å². The Balaban J connectivity index is 2.55. The SMILES string of the molecule is CCCCCNC(C(=O)C(=O)NN)C1CCOCC1. The second kappa shape index (κ2) is 9.01. The van der Waals surface area contributed by atoms with Crippen molar-refractivity contribution in [1.82, 2.24) is 10.7 Å². The van der Waals surface area contributed by atoms with E-state index in [1.165, 1.54) is 0 Å². The van der Waals surface area contributed by atoms with Crippen molar-refractivity contribution in [2.24, 2.45) is 11.8 Å². The molecule has 1 atom stereocenters. The summed E-state index contributed by atoms with van der Waals surface area (Å²) in [5.74, 6) is 4.01. The first-order valence-corrected chi connectivity index (χ1v) is 7.06. The van der Waals surface area contributed by atoms with E-state index in [4.69, 9.17) is 10.6 Å². The number of unbranched alkanes of at least 4 members (excludes halogenated alkanes) is 2. The molecule has 110 valence electrons. The maximum Gasteiger partial charge on any atom is 0.302 e. The van der Waals surface area contributed by atoms with Crippen molar-refractivity contribution in [3.05, 3.63) is 0 Å². The van der Waals surface area contributed by atoms with Gasteiger partial charge in [0.25, 0.3) is 0 Å². The molecule has 6 heteroatoms. The summed E-state index contributed by atoms with van der Waals surface area (Å²) in [4.78, 5) is 23.5. The second-order valence-electron chi connectivity index (χ2n) is 4.93. The zero-order chi connectivity index (χ0) is 14.1. The molecule has 1 heterocycles. The Kier molecular flexibility index (Phi) is 7.62. The van der Waals surface area contributed by atoms with E-state index >= 15 is 0 Å². The normalized spacial score (nSPS) is 18.0. The van der Waals surface area contributed by atoms with Gasteiger partial charge in [-0.1, -0.05) is 19.8 Å². The van der Waals surface area contributed by atoms with Crippen molar-refractivity contribution >= 4 is 11.7 Å². The number of ketones is 1. The highest BCUT2D eigenvalue weighted by atomic mass is 16.5. The number of amides is 1. The smallest absolute Gasteiger partial charge is 0.302 e. The van der Waals surface area contributed by atoms with E-state index in [2.05, 4.69) is 12.2 Å². The fraction of sp³-hybridized carbons (Fsp3) is 0.846. The molecule has 0 aromatic rings. The minimum absolute atomic E-state index is 0.153. The molecule has 0 aromatic heterocycles. The van der Waals surface area contributed by atoms with Crippen LogP contribution in [0.4, 0.5) is 0 Å². The van der Waals surface area contributed by atoms with Gasteiger partial charge in [-0.25, -0.2) is 5.84 Å². The van der Waals surface area contributed by atoms with E-state index < -0.39 is 17.7 Å². The molecule has 4 N–H and O–H groups in total. The Morgan fingerprint density at radius 1 is 1.32 bits per heavy atom. The molecule has 1 fully saturated rings. The first-order valence-electron chi connectivity index (χ1n) is 7.06. The van der Waals surface area contributed by atoms with Crippen LogP contribution in [0.1, 0.15) is 39.0 Å². The lowest BCUT2D eigenvalue weighted by Crippen LogP contribution is -2.52. The van der Waals surface area contributed by atoms with Gasteiger partial charge >= 0.3 is 5.91 Å². The minimum atomic E-state index is -0.723. The van der Waals surface area contributed by atoms with Gasteiger partial charge in [0.05, 0.1) is 6.04 Å². The van der Waals surface area contributed by atoms with Crippen LogP contribution in [0.3, 0.4) is 0 Å². The van der Waals surface area contributed by atoms with Crippen molar-refractivity contribution in [2.45, 2.75) is 45.1 Å². The summed E-state index contributed by atoms with van der Waals surface area (Å²) < 4.78 is 5.30. The van der Waals surface area contributed by atoms with Gasteiger partial charge in [-0.3, -0.25) is 15.0 Å². The molecular weight excluding hydrogens is 246 g/mol. The predicted molar refractivity (Wildman–Crippen MR) is 72.2 cm³/mol. The van der Waals surface area contributed by atoms with Crippen LogP contribution < -0.4 is 16.6 Å². The van der Waals surface area contributed by atoms with Gasteiger partial charge in [0, 0.05) is 13.2 Å². The van der Waals surface area contributed by atoms with E-state index in [9.17, 15) is 9.59 Å². The molecule has 1 unspecified atom stereocenters. The number of hydrazine groups is 1. The molecule has 0 spiro atoms. The summed E-state index contributed by atoms with van der Waals surface area (Å²) in [5, 5.41) is 3.22. The predicted octanol–water partition coefficient (Wildman–Crippen LogP) is 0.120. The molecule has 19 heavy (non-hydrogen) atoms. The summed E-state index contributed by atoms with van der Waals surface area (Å²) >= 11 is 0. The summed E-state index contributed by atoms with van der Waals surface area (Å²) in [5.41, 5.74) is 1.93. The van der Waals surface area contributed by atoms with Gasteiger partial charge in [0.15, 0.2) is 0 Å². The van der Waals surface area contributed by atoms with Crippen LogP contribution in [-0.4, -0.2) is 37.5 Å². The molecule has 0 radical (unpaired) electrons. The lowest BCUT2D eigenvalue weighted by atomic mass is 9.88. The Bertz CT molecular complexity index is 291. The van der Waals surface area contributed by atoms with Crippen LogP contribution in [0.2, 0.25) is 0 Å². The molecule has 1 amide bonds. The quantitative estimate of drug-likeness (QED) is 0.192. The van der Waals surface area contributed by atoms with Gasteiger partial charge < -0.3 is 10.1 Å². The summed E-state index contributed by atoms with van der Waals surface area (Å²) in [6.45, 7) is 4.17. The highest BCUT2D eigenvalue weighted by Crippen LogP contribution is 2.19. The third kappa shape index (κ3) is 5.26. The van der Waals surface area contributed by atoms with Crippen molar-refractivity contribution in [2.75, 3.05) is 19.8 Å². The lowest BCUT2D eigenvalue weighted by molar-refractivity contribution is -0.140. The van der Waals surface area contributed by atoms with E-state index in [0.717, 1.165) is 38.6 Å². The average molecular weight is 271 g/mol. The van der Waals surface area contributed by atoms with E-state index in [-0.39, 0.29) is 5.92 Å². The molecule has 1 aliphatic rings. The maximum atomic E-state index is 12.0. The van der Waals surface area contributed by atoms with E-state index in [1.54, 1.807) is 0 Å². The summed E-state index contributed by atoms with van der Waals surface area (Å²) in [7, 11) is 0. The number of hydrogen-bond donors (Lipinski definition) is 3. The fourth-order valence-electron chi connectivity index (χ4n) is 2.37. The van der Waals surface area contributed by atoms with Gasteiger partial charge in [0.1, 0.15) is 0 Å². The number of carbonyl (C=O) groups excluding carboxylic acids is 2. The van der Waals surface area contributed by atoms with Crippen LogP contribution in [0.5, 0.6) is 0 Å². The third-order valence-electron chi connectivity index (χ3n) is 3.52. The highest BCUT2D eigenvalue weighted by molar-refractivity contribution is 6.38. The molecule has 0 saturated carbocycles. The Morgan fingerprint density at radius 3 is 2.58 bits per heavy atom. The maximum absolute atomic E-state index is 12.0. The van der Waals surface area contributed by atoms with Crippen LogP contribution in [0, 0.1) is 5.92 Å². The first-order chi connectivity index (χ1) is 9.20. The van der Waals surface area contributed by atoms with Crippen molar-refractivity contribution in [3.8, 4) is 0 Å². The molecule has 0 aliphatic carbocycles. The topological polar surface area (TPSA) is 93.5 Å². The van der Waals surface area contributed by atoms with Crippen molar-refractivity contribution in [3.63, 3.8) is 0 Å². The van der Waals surface area contributed by atoms with Crippen LogP contribution in [0.15, 0.2) is 0 Å². The molecule has 1 saturated heterocycles. The fourth-order valence-corrected chi connectivity index (χ4v) is 2.37. The molecule has 6 nitrogen and oxygen atoms in total. The zero-order valence-electron chi connectivity index (χ0n) is 11.6. The zero-order valence-corrected chi connectivity index (χ0v) is 11.6. The van der Waals surface area contributed by atoms with Gasteiger partial charge in [-0.05, 0) is 31.7 Å². The number of Topliss-reactive ketones (excluding diaryl/α,β-unsaturated/α-hetero) is 1. The van der Waals surface area contributed by atoms with E-state index in [1.807, 2.05) is 5.43 Å². The Morgan fingerprint density at radius 2 is 2.00 bits per heavy atom. The Hall–Kier alpha value is -0.980. The van der Waals surface area contributed by atoms with E-state index in [0.29, 0.717) is 13.2 Å². The number of ether oxygens (including phenoxy) is 1. The first kappa shape index (κ1) is 16.1. The van der Waals surface area contributed by atoms with Gasteiger partial charge in [-0.15, -0.1) is 0 Å². The van der Waals surface area contributed by atoms with Gasteiger partial charge in [0.2, 0.25) is 5.78 Å². The lowest BCUT2D eigenvalue weighted by Gasteiger charge is -2.29. The molecule has 1 rings (SSSR count). The monoisotopic (exact) mass is 271 g/mol. The largest absolute Gasteiger partial charge is 0.381 e. The summed E-state index contributed by atoms with van der Waals surface area (Å²) in [6, 6.07) is -0.440. The summed E-state index contributed by atoms with van der Waals surface area (Å²) in [6.07, 6.45) is 4.85. The average Bonchev–Trinajstić information content (AvgIpc) is 2.47. The van der Waals surface area contributed by atoms with Crippen molar-refractivity contribution < 1.29 is 14.3 Å². The molecule has 0 aromatic carbocycles. The minimum Gasteiger partial charge on any atom is -0.381 e. The number of rotatable bonds is 8. The highest BCUT2D eigenvalue weighted by Gasteiger charge is 2.32. The molecule has 1 aliphatic heterocycles. The number of nitrogens with one attached hydrogen (secondary N) is 2. The third-order valence-corrected chi connectivity index (χ3v) is 3.52. The number of carbonyl (C=O) groups is 2. The number of nitrogens with two attached hydrogens (primary N) is 1. The van der Waals surface area contributed by atoms with Crippen LogP contribution >= 0.6 is 0 Å². The second-order valence-corrected chi connectivity index (χ2v) is 4.93. The Labute approximate surface area is 114 Å². The number of hydrogen-bond acceptors (Lipinski definition) is 5. The van der Waals surface area contributed by atoms with Crippen LogP contribution in [-0.2, 0) is 14.3 Å². The molecule has 0 bridgehead atoms. The van der Waals surface area contributed by atoms with Crippen molar-refractivity contribution in [1.29, 1.82) is 0 Å².